The van der Waals surface area contributed by atoms with Crippen LogP contribution in [0.4, 0.5) is 0 Å². The molecule has 0 radical (unpaired) electrons. The summed E-state index contributed by atoms with van der Waals surface area (Å²) in [4.78, 5) is 0. The summed E-state index contributed by atoms with van der Waals surface area (Å²) in [5.74, 6) is 0.812. The first-order chi connectivity index (χ1) is 8.69. The second kappa shape index (κ2) is 7.36. The van der Waals surface area contributed by atoms with Crippen molar-refractivity contribution < 1.29 is 19.7 Å². The molecule has 1 aromatic rings. The van der Waals surface area contributed by atoms with Gasteiger partial charge in [-0.2, -0.15) is 0 Å². The van der Waals surface area contributed by atoms with Crippen molar-refractivity contribution in [3.63, 3.8) is 0 Å². The molecular weight excluding hydrogens is 232 g/mol. The van der Waals surface area contributed by atoms with Gasteiger partial charge >= 0.3 is 0 Å². The average Bonchev–Trinajstić information content (AvgIpc) is 2.45. The molecule has 1 aromatic carbocycles. The zero-order valence-electron chi connectivity index (χ0n) is 11.1. The number of ether oxygens (including phenoxy) is 2. The summed E-state index contributed by atoms with van der Waals surface area (Å²) in [6, 6.07) is 7.63. The summed E-state index contributed by atoms with van der Waals surface area (Å²) >= 11 is 0. The van der Waals surface area contributed by atoms with Crippen LogP contribution in [0.3, 0.4) is 0 Å². The van der Waals surface area contributed by atoms with Crippen molar-refractivity contribution in [2.45, 2.75) is 20.0 Å². The fourth-order valence-corrected chi connectivity index (χ4v) is 1.57. The summed E-state index contributed by atoms with van der Waals surface area (Å²) in [6.45, 7) is 2.61. The van der Waals surface area contributed by atoms with Gasteiger partial charge in [0.05, 0.1) is 33.5 Å². The fraction of sp³-hybridized carbons (Fsp3) is 0.571. The van der Waals surface area contributed by atoms with E-state index < -0.39 is 5.41 Å². The molecule has 0 unspecified atom stereocenters. The minimum atomic E-state index is -0.535. The van der Waals surface area contributed by atoms with Crippen LogP contribution in [0.15, 0.2) is 24.3 Å². The van der Waals surface area contributed by atoms with Crippen molar-refractivity contribution in [2.75, 3.05) is 26.9 Å². The van der Waals surface area contributed by atoms with E-state index in [0.29, 0.717) is 19.6 Å². The first-order valence-electron chi connectivity index (χ1n) is 6.12. The Morgan fingerprint density at radius 1 is 1.11 bits per heavy atom. The van der Waals surface area contributed by atoms with Crippen LogP contribution in [0.5, 0.6) is 5.75 Å². The highest BCUT2D eigenvalue weighted by molar-refractivity contribution is 5.26. The first kappa shape index (κ1) is 15.0. The highest BCUT2D eigenvalue weighted by Crippen LogP contribution is 2.21. The number of methoxy groups -OCH3 is 1. The molecule has 4 nitrogen and oxygen atoms in total. The van der Waals surface area contributed by atoms with Crippen molar-refractivity contribution in [1.82, 2.24) is 0 Å². The van der Waals surface area contributed by atoms with Gasteiger partial charge in [0.25, 0.3) is 0 Å². The first-order valence-corrected chi connectivity index (χ1v) is 6.12. The minimum Gasteiger partial charge on any atom is -0.497 e. The van der Waals surface area contributed by atoms with Crippen molar-refractivity contribution in [3.05, 3.63) is 29.8 Å². The van der Waals surface area contributed by atoms with Crippen molar-refractivity contribution in [1.29, 1.82) is 0 Å². The number of hydrogen-bond donors (Lipinski definition) is 2. The van der Waals surface area contributed by atoms with Gasteiger partial charge in [0.1, 0.15) is 5.75 Å². The maximum atomic E-state index is 9.29. The summed E-state index contributed by atoms with van der Waals surface area (Å²) in [5.41, 5.74) is 0.503. The lowest BCUT2D eigenvalue weighted by Crippen LogP contribution is -2.34. The van der Waals surface area contributed by atoms with Gasteiger partial charge in [-0.25, -0.2) is 0 Å². The normalized spacial score (nSPS) is 11.6. The largest absolute Gasteiger partial charge is 0.497 e. The standard InChI is InChI=1S/C14H22O4/c1-3-14(9-15,10-16)11-18-8-12-4-6-13(17-2)7-5-12/h4-7,15-16H,3,8-11H2,1-2H3. The third-order valence-corrected chi connectivity index (χ3v) is 3.26. The highest BCUT2D eigenvalue weighted by atomic mass is 16.5. The molecule has 0 atom stereocenters. The number of aliphatic hydroxyl groups is 2. The van der Waals surface area contributed by atoms with E-state index in [1.165, 1.54) is 0 Å². The maximum absolute atomic E-state index is 9.29. The van der Waals surface area contributed by atoms with E-state index in [0.717, 1.165) is 11.3 Å². The molecule has 0 bridgehead atoms. The van der Waals surface area contributed by atoms with Gasteiger partial charge in [0.15, 0.2) is 0 Å². The SMILES string of the molecule is CCC(CO)(CO)COCc1ccc(OC)cc1. The molecule has 0 heterocycles. The molecule has 0 aliphatic heterocycles. The van der Waals surface area contributed by atoms with Gasteiger partial charge in [0, 0.05) is 5.41 Å². The van der Waals surface area contributed by atoms with E-state index in [9.17, 15) is 10.2 Å². The molecule has 0 spiro atoms. The van der Waals surface area contributed by atoms with Gasteiger partial charge < -0.3 is 19.7 Å². The Hall–Kier alpha value is -1.10. The zero-order valence-corrected chi connectivity index (χ0v) is 11.1. The molecule has 0 aliphatic carbocycles. The highest BCUT2D eigenvalue weighted by Gasteiger charge is 2.26. The predicted octanol–water partition coefficient (Wildman–Crippen LogP) is 1.59. The molecule has 102 valence electrons. The van der Waals surface area contributed by atoms with Gasteiger partial charge in [0.2, 0.25) is 0 Å². The Labute approximate surface area is 108 Å². The van der Waals surface area contributed by atoms with Crippen LogP contribution in [0, 0.1) is 5.41 Å². The molecular formula is C14H22O4. The Morgan fingerprint density at radius 3 is 2.17 bits per heavy atom. The Bertz CT molecular complexity index is 322. The van der Waals surface area contributed by atoms with E-state index >= 15 is 0 Å². The van der Waals surface area contributed by atoms with Crippen LogP contribution in [0.1, 0.15) is 18.9 Å². The van der Waals surface area contributed by atoms with Crippen molar-refractivity contribution >= 4 is 0 Å². The smallest absolute Gasteiger partial charge is 0.118 e. The molecule has 18 heavy (non-hydrogen) atoms. The van der Waals surface area contributed by atoms with Crippen LogP contribution < -0.4 is 4.74 Å². The van der Waals surface area contributed by atoms with Gasteiger partial charge in [-0.3, -0.25) is 0 Å². The third-order valence-electron chi connectivity index (χ3n) is 3.26. The molecule has 0 aromatic heterocycles. The Kier molecular flexibility index (Phi) is 6.12. The van der Waals surface area contributed by atoms with E-state index in [4.69, 9.17) is 9.47 Å². The van der Waals surface area contributed by atoms with E-state index in [-0.39, 0.29) is 13.2 Å². The summed E-state index contributed by atoms with van der Waals surface area (Å²) in [7, 11) is 1.63. The molecule has 0 saturated carbocycles. The second-order valence-corrected chi connectivity index (χ2v) is 4.51. The molecule has 4 heteroatoms. The number of hydrogen-bond acceptors (Lipinski definition) is 4. The second-order valence-electron chi connectivity index (χ2n) is 4.51. The summed E-state index contributed by atoms with van der Waals surface area (Å²) in [5, 5.41) is 18.6. The lowest BCUT2D eigenvalue weighted by Gasteiger charge is -2.27. The van der Waals surface area contributed by atoms with Crippen LogP contribution in [0.2, 0.25) is 0 Å². The quantitative estimate of drug-likeness (QED) is 0.739. The maximum Gasteiger partial charge on any atom is 0.118 e. The number of aliphatic hydroxyl groups excluding tert-OH is 2. The monoisotopic (exact) mass is 254 g/mol. The third kappa shape index (κ3) is 3.98. The molecule has 0 saturated heterocycles. The summed E-state index contributed by atoms with van der Waals surface area (Å²) in [6.07, 6.45) is 0.683. The number of rotatable bonds is 8. The van der Waals surface area contributed by atoms with E-state index in [1.54, 1.807) is 7.11 Å². The average molecular weight is 254 g/mol. The van der Waals surface area contributed by atoms with Gasteiger partial charge in [-0.05, 0) is 24.1 Å². The van der Waals surface area contributed by atoms with Crippen molar-refractivity contribution in [2.24, 2.45) is 5.41 Å². The molecule has 2 N–H and O–H groups in total. The lowest BCUT2D eigenvalue weighted by molar-refractivity contribution is -0.0354. The zero-order chi connectivity index (χ0) is 13.4. The number of benzene rings is 1. The minimum absolute atomic E-state index is 0.0669. The molecule has 1 rings (SSSR count). The molecule has 0 amide bonds. The molecule has 0 fully saturated rings. The van der Waals surface area contributed by atoms with Crippen LogP contribution in [0.25, 0.3) is 0 Å². The Morgan fingerprint density at radius 2 is 1.72 bits per heavy atom. The fourth-order valence-electron chi connectivity index (χ4n) is 1.57. The van der Waals surface area contributed by atoms with E-state index in [1.807, 2.05) is 31.2 Å². The molecule has 0 aliphatic rings. The Balaban J connectivity index is 2.44. The lowest BCUT2D eigenvalue weighted by atomic mass is 9.88. The van der Waals surface area contributed by atoms with Gasteiger partial charge in [-0.15, -0.1) is 0 Å². The summed E-state index contributed by atoms with van der Waals surface area (Å²) < 4.78 is 10.6. The van der Waals surface area contributed by atoms with Crippen molar-refractivity contribution in [3.8, 4) is 5.75 Å². The predicted molar refractivity (Wildman–Crippen MR) is 69.5 cm³/mol. The van der Waals surface area contributed by atoms with E-state index in [2.05, 4.69) is 0 Å². The van der Waals surface area contributed by atoms with Crippen LogP contribution in [-0.4, -0.2) is 37.1 Å². The van der Waals surface area contributed by atoms with Crippen LogP contribution >= 0.6 is 0 Å². The van der Waals surface area contributed by atoms with Gasteiger partial charge in [-0.1, -0.05) is 19.1 Å². The topological polar surface area (TPSA) is 58.9 Å². The van der Waals surface area contributed by atoms with Crippen LogP contribution in [-0.2, 0) is 11.3 Å².